The van der Waals surface area contributed by atoms with E-state index in [1.165, 1.54) is 0 Å². The van der Waals surface area contributed by atoms with E-state index >= 15 is 0 Å². The van der Waals surface area contributed by atoms with Gasteiger partial charge in [-0.25, -0.2) is 4.79 Å². The van der Waals surface area contributed by atoms with Crippen LogP contribution < -0.4 is 5.32 Å². The van der Waals surface area contributed by atoms with Crippen molar-refractivity contribution in [1.82, 2.24) is 5.32 Å². The lowest BCUT2D eigenvalue weighted by atomic mass is 9.97. The molecule has 0 spiro atoms. The highest BCUT2D eigenvalue weighted by Gasteiger charge is 2.53. The minimum absolute atomic E-state index is 0.316. The zero-order chi connectivity index (χ0) is 27.9. The van der Waals surface area contributed by atoms with Crippen molar-refractivity contribution < 1.29 is 47.1 Å². The predicted molar refractivity (Wildman–Crippen MR) is 133 cm³/mol. The van der Waals surface area contributed by atoms with E-state index < -0.39 is 81.6 Å². The zero-order valence-corrected chi connectivity index (χ0v) is 23.3. The molecule has 1 aliphatic heterocycles. The molecule has 0 saturated carbocycles. The van der Waals surface area contributed by atoms with Gasteiger partial charge in [0.05, 0.1) is 10.8 Å². The number of esters is 3. The van der Waals surface area contributed by atoms with E-state index in [0.717, 1.165) is 26.3 Å². The lowest BCUT2D eigenvalue weighted by Gasteiger charge is -2.44. The maximum absolute atomic E-state index is 13.6. The molecule has 0 bridgehead atoms. The number of carbonyl (C=O) groups excluding carboxylic acids is 4. The Kier molecular flexibility index (Phi) is 11.4. The summed E-state index contributed by atoms with van der Waals surface area (Å²) < 4.78 is 38.4. The molecule has 0 radical (unpaired) electrons. The van der Waals surface area contributed by atoms with Gasteiger partial charge >= 0.3 is 24.0 Å². The van der Waals surface area contributed by atoms with Crippen LogP contribution in [0, 0.1) is 6.92 Å². The van der Waals surface area contributed by atoms with Gasteiger partial charge in [-0.05, 0) is 19.1 Å². The van der Waals surface area contributed by atoms with E-state index in [9.17, 15) is 23.4 Å². The first kappa shape index (κ1) is 31.1. The number of alkyl carbamates (subject to hydrolysis) is 1. The molecule has 1 N–H and O–H groups in total. The number of alkyl halides is 3. The van der Waals surface area contributed by atoms with E-state index in [1.807, 2.05) is 6.92 Å². The SMILES string of the molecule is CC(=O)OC[C@H]1O[C@@H](S(=O)c2ccc(C)cc2)[C@H](NC(=O)OCC(Cl)(Cl)Cl)[C@@H](OC(C)=O)[C@@H]1OC(C)=O. The Morgan fingerprint density at radius 1 is 0.946 bits per heavy atom. The topological polar surface area (TPSA) is 144 Å². The Morgan fingerprint density at radius 2 is 1.51 bits per heavy atom. The largest absolute Gasteiger partial charge is 0.463 e. The maximum atomic E-state index is 13.6. The summed E-state index contributed by atoms with van der Waals surface area (Å²) in [5, 5.41) is 2.42. The summed E-state index contributed by atoms with van der Waals surface area (Å²) in [7, 11) is -1.99. The highest BCUT2D eigenvalue weighted by molar-refractivity contribution is 7.85. The average Bonchev–Trinajstić information content (AvgIpc) is 2.78. The number of benzene rings is 1. The van der Waals surface area contributed by atoms with E-state index in [-0.39, 0.29) is 0 Å². The number of hydrogen-bond acceptors (Lipinski definition) is 10. The van der Waals surface area contributed by atoms with Crippen LogP contribution in [0.25, 0.3) is 0 Å². The van der Waals surface area contributed by atoms with Gasteiger partial charge in [-0.1, -0.05) is 52.5 Å². The van der Waals surface area contributed by atoms with Gasteiger partial charge in [0, 0.05) is 25.7 Å². The van der Waals surface area contributed by atoms with Crippen LogP contribution in [0.15, 0.2) is 29.2 Å². The van der Waals surface area contributed by atoms with Gasteiger partial charge < -0.3 is 29.0 Å². The van der Waals surface area contributed by atoms with Crippen LogP contribution in [0.4, 0.5) is 4.79 Å². The molecule has 2 rings (SSSR count). The monoisotopic (exact) mass is 601 g/mol. The second-order valence-corrected chi connectivity index (χ2v) is 12.0. The van der Waals surface area contributed by atoms with Crippen LogP contribution in [0.1, 0.15) is 26.3 Å². The third-order valence-electron chi connectivity index (χ3n) is 4.82. The van der Waals surface area contributed by atoms with Crippen molar-refractivity contribution in [2.24, 2.45) is 0 Å². The number of rotatable bonds is 8. The van der Waals surface area contributed by atoms with Crippen LogP contribution in [0.3, 0.4) is 0 Å². The molecular weight excluding hydrogens is 577 g/mol. The van der Waals surface area contributed by atoms with E-state index in [1.54, 1.807) is 24.3 Å². The summed E-state index contributed by atoms with van der Waals surface area (Å²) in [6, 6.07) is 5.23. The molecule has 15 heteroatoms. The number of carbonyl (C=O) groups is 4. The fourth-order valence-corrected chi connectivity index (χ4v) is 4.94. The van der Waals surface area contributed by atoms with Crippen LogP contribution in [0.5, 0.6) is 0 Å². The van der Waals surface area contributed by atoms with Crippen molar-refractivity contribution in [3.8, 4) is 0 Å². The van der Waals surface area contributed by atoms with Crippen LogP contribution in [0.2, 0.25) is 0 Å². The molecule has 1 aromatic rings. The predicted octanol–water partition coefficient (Wildman–Crippen LogP) is 2.72. The van der Waals surface area contributed by atoms with Crippen molar-refractivity contribution in [2.75, 3.05) is 13.2 Å². The van der Waals surface area contributed by atoms with Crippen molar-refractivity contribution in [3.63, 3.8) is 0 Å². The highest BCUT2D eigenvalue weighted by atomic mass is 35.6. The number of hydrogen-bond donors (Lipinski definition) is 1. The third kappa shape index (κ3) is 9.93. The molecule has 1 heterocycles. The van der Waals surface area contributed by atoms with Gasteiger partial charge in [0.25, 0.3) is 0 Å². The van der Waals surface area contributed by atoms with Gasteiger partial charge in [-0.15, -0.1) is 0 Å². The summed E-state index contributed by atoms with van der Waals surface area (Å²) in [6.07, 6.45) is -5.14. The molecular formula is C22H26Cl3NO10S. The van der Waals surface area contributed by atoms with Gasteiger partial charge in [-0.2, -0.15) is 0 Å². The first-order valence-corrected chi connectivity index (χ1v) is 13.1. The zero-order valence-electron chi connectivity index (χ0n) is 20.2. The van der Waals surface area contributed by atoms with Crippen molar-refractivity contribution in [1.29, 1.82) is 0 Å². The molecule has 1 aromatic carbocycles. The minimum atomic E-state index is -1.99. The van der Waals surface area contributed by atoms with Crippen molar-refractivity contribution >= 4 is 69.6 Å². The normalized spacial score (nSPS) is 24.4. The Hall–Kier alpha value is -2.12. The second-order valence-electron chi connectivity index (χ2n) is 7.97. The molecule has 1 aliphatic rings. The maximum Gasteiger partial charge on any atom is 0.407 e. The molecule has 1 amide bonds. The van der Waals surface area contributed by atoms with E-state index in [4.69, 9.17) is 58.5 Å². The summed E-state index contributed by atoms with van der Waals surface area (Å²) in [5.74, 6) is -2.26. The van der Waals surface area contributed by atoms with Crippen LogP contribution in [-0.2, 0) is 48.9 Å². The van der Waals surface area contributed by atoms with Gasteiger partial charge in [-0.3, -0.25) is 18.6 Å². The smallest absolute Gasteiger partial charge is 0.407 e. The molecule has 1 fully saturated rings. The minimum Gasteiger partial charge on any atom is -0.463 e. The van der Waals surface area contributed by atoms with Gasteiger partial charge in [0.15, 0.2) is 17.6 Å². The molecule has 11 nitrogen and oxygen atoms in total. The number of halogens is 3. The molecule has 206 valence electrons. The van der Waals surface area contributed by atoms with Gasteiger partial charge in [0.2, 0.25) is 3.79 Å². The summed E-state index contributed by atoms with van der Waals surface area (Å²) >= 11 is 16.9. The molecule has 0 aliphatic carbocycles. The van der Waals surface area contributed by atoms with Crippen LogP contribution in [-0.4, -0.2) is 75.0 Å². The molecule has 6 atom stereocenters. The summed E-state index contributed by atoms with van der Waals surface area (Å²) in [4.78, 5) is 48.3. The molecule has 37 heavy (non-hydrogen) atoms. The Labute approximate surface area is 230 Å². The second kappa shape index (κ2) is 13.6. The lowest BCUT2D eigenvalue weighted by Crippen LogP contribution is -2.67. The Morgan fingerprint density at radius 3 is 2.03 bits per heavy atom. The fraction of sp³-hybridized carbons (Fsp3) is 0.545. The summed E-state index contributed by atoms with van der Waals surface area (Å²) in [6.45, 7) is 4.11. The van der Waals surface area contributed by atoms with Gasteiger partial charge in [0.1, 0.15) is 25.4 Å². The number of ether oxygens (including phenoxy) is 5. The van der Waals surface area contributed by atoms with E-state index in [0.29, 0.717) is 4.90 Å². The number of aryl methyl sites for hydroxylation is 1. The first-order chi connectivity index (χ1) is 17.2. The van der Waals surface area contributed by atoms with Crippen molar-refractivity contribution in [2.45, 2.75) is 66.2 Å². The molecule has 1 saturated heterocycles. The van der Waals surface area contributed by atoms with Crippen LogP contribution >= 0.6 is 34.8 Å². The third-order valence-corrected chi connectivity index (χ3v) is 6.71. The lowest BCUT2D eigenvalue weighted by molar-refractivity contribution is -0.211. The molecule has 1 unspecified atom stereocenters. The standard InChI is InChI=1S/C22H26Cl3NO10S/c1-11-5-7-15(8-6-11)37(31)20-17(26-21(30)33-10-22(23,24)25)19(35-14(4)29)18(34-13(3)28)16(36-20)9-32-12(2)27/h5-8,16-20H,9-10H2,1-4H3,(H,26,30)/t16-,17-,18-,19-,20+,37?/m1/s1. The Balaban J connectivity index is 2.53. The Bertz CT molecular complexity index is 1020. The molecule has 0 aromatic heterocycles. The van der Waals surface area contributed by atoms with Crippen molar-refractivity contribution in [3.05, 3.63) is 29.8 Å². The van der Waals surface area contributed by atoms with E-state index in [2.05, 4.69) is 5.32 Å². The fourth-order valence-electron chi connectivity index (χ4n) is 3.37. The summed E-state index contributed by atoms with van der Waals surface area (Å²) in [5.41, 5.74) is -0.490. The first-order valence-electron chi connectivity index (χ1n) is 10.8. The number of nitrogens with one attached hydrogen (secondary N) is 1. The number of amides is 1. The quantitative estimate of drug-likeness (QED) is 0.268. The average molecular weight is 603 g/mol. The highest BCUT2D eigenvalue weighted by Crippen LogP contribution is 2.31.